The third-order valence-electron chi connectivity index (χ3n) is 12.0. The van der Waals surface area contributed by atoms with Crippen LogP contribution in [0.1, 0.15) is 0 Å². The van der Waals surface area contributed by atoms with E-state index in [0.29, 0.717) is 17.5 Å². The van der Waals surface area contributed by atoms with Crippen molar-refractivity contribution in [2.75, 3.05) is 0 Å². The summed E-state index contributed by atoms with van der Waals surface area (Å²) in [7, 11) is 0. The van der Waals surface area contributed by atoms with E-state index in [1.54, 1.807) is 0 Å². The summed E-state index contributed by atoms with van der Waals surface area (Å²) in [6.07, 6.45) is 0. The van der Waals surface area contributed by atoms with Crippen LogP contribution in [0.3, 0.4) is 0 Å². The van der Waals surface area contributed by atoms with Gasteiger partial charge in [-0.15, -0.1) is 0 Å². The van der Waals surface area contributed by atoms with Crippen LogP contribution in [-0.2, 0) is 0 Å². The maximum Gasteiger partial charge on any atom is 0.166 e. The molecule has 0 atom stereocenters. The Hall–Kier alpha value is -8.41. The topological polar surface area (TPSA) is 48.5 Å². The molecule has 0 bridgehead atoms. The Balaban J connectivity index is 1.20. The second-order valence-electron chi connectivity index (χ2n) is 15.5. The highest BCUT2D eigenvalue weighted by molar-refractivity contribution is 6.16. The average molecular weight is 792 g/mol. The second kappa shape index (κ2) is 14.7. The van der Waals surface area contributed by atoms with Gasteiger partial charge >= 0.3 is 0 Å². The van der Waals surface area contributed by atoms with E-state index in [-0.39, 0.29) is 0 Å². The standard InChI is InChI=1S/C57H37N5/c1-4-20-38(21-5-1)41-30-18-36-51-53(41)46-29-13-17-35-50(46)62(51)49-34-16-12-28-44(49)45-31-19-37-52(61-47-32-14-10-26-42(47)43-27-11-15-33-48(43)61)54(45)57-59-55(39-22-6-2-7-23-39)58-56(60-57)40-24-8-3-9-25-40/h1-37H. The lowest BCUT2D eigenvalue weighted by Crippen LogP contribution is -2.06. The first kappa shape index (κ1) is 35.5. The molecule has 0 aliphatic carbocycles. The quantitative estimate of drug-likeness (QED) is 0.162. The van der Waals surface area contributed by atoms with E-state index in [1.165, 1.54) is 32.7 Å². The normalized spacial score (nSPS) is 11.5. The highest BCUT2D eigenvalue weighted by atomic mass is 15.1. The highest BCUT2D eigenvalue weighted by Crippen LogP contribution is 2.45. The van der Waals surface area contributed by atoms with Gasteiger partial charge in [-0.25, -0.2) is 15.0 Å². The van der Waals surface area contributed by atoms with Crippen molar-refractivity contribution < 1.29 is 0 Å². The van der Waals surface area contributed by atoms with Gasteiger partial charge in [0.05, 0.1) is 39.0 Å². The molecule has 0 saturated carbocycles. The lowest BCUT2D eigenvalue weighted by Gasteiger charge is -2.20. The second-order valence-corrected chi connectivity index (χ2v) is 15.5. The van der Waals surface area contributed by atoms with E-state index in [1.807, 2.05) is 36.4 Å². The fourth-order valence-electron chi connectivity index (χ4n) is 9.32. The van der Waals surface area contributed by atoms with Gasteiger partial charge in [0.2, 0.25) is 0 Å². The number of aromatic nitrogens is 5. The summed E-state index contributed by atoms with van der Waals surface area (Å²) in [6, 6.07) is 79.2. The average Bonchev–Trinajstić information content (AvgIpc) is 3.87. The van der Waals surface area contributed by atoms with Crippen LogP contribution in [0.25, 0.3) is 111 Å². The van der Waals surface area contributed by atoms with Crippen molar-refractivity contribution in [3.63, 3.8) is 0 Å². The third kappa shape index (κ3) is 5.75. The number of fused-ring (bicyclic) bond motifs is 6. The van der Waals surface area contributed by atoms with Gasteiger partial charge in [0.25, 0.3) is 0 Å². The molecule has 9 aromatic carbocycles. The summed E-state index contributed by atoms with van der Waals surface area (Å²) < 4.78 is 4.81. The maximum atomic E-state index is 5.41. The molecule has 0 unspecified atom stereocenters. The number of nitrogens with zero attached hydrogens (tertiary/aromatic N) is 5. The van der Waals surface area contributed by atoms with Crippen LogP contribution < -0.4 is 0 Å². The third-order valence-corrected chi connectivity index (χ3v) is 12.0. The van der Waals surface area contributed by atoms with Gasteiger partial charge in [0.1, 0.15) is 0 Å². The minimum atomic E-state index is 0.591. The van der Waals surface area contributed by atoms with Crippen molar-refractivity contribution in [3.05, 3.63) is 224 Å². The van der Waals surface area contributed by atoms with Crippen LogP contribution in [-0.4, -0.2) is 24.1 Å². The maximum absolute atomic E-state index is 5.41. The number of rotatable bonds is 7. The minimum absolute atomic E-state index is 0.591. The van der Waals surface area contributed by atoms with E-state index in [2.05, 4.69) is 197 Å². The van der Waals surface area contributed by atoms with E-state index in [4.69, 9.17) is 15.0 Å². The molecule has 12 aromatic rings. The van der Waals surface area contributed by atoms with Crippen LogP contribution in [0.2, 0.25) is 0 Å². The number of para-hydroxylation sites is 4. The van der Waals surface area contributed by atoms with Crippen molar-refractivity contribution in [2.45, 2.75) is 0 Å². The molecule has 3 aromatic heterocycles. The fourth-order valence-corrected chi connectivity index (χ4v) is 9.32. The molecule has 0 N–H and O–H groups in total. The Morgan fingerprint density at radius 3 is 1.29 bits per heavy atom. The first-order valence-electron chi connectivity index (χ1n) is 21.0. The molecule has 3 heterocycles. The lowest BCUT2D eigenvalue weighted by molar-refractivity contribution is 1.06. The SMILES string of the molecule is c1ccc(-c2nc(-c3ccccc3)nc(-c3c(-c4ccccc4-n4c5ccccc5c5c(-c6ccccc6)cccc54)cccc3-n3c4ccccc4c4ccccc43)n2)cc1. The summed E-state index contributed by atoms with van der Waals surface area (Å²) in [5, 5.41) is 4.80. The summed E-state index contributed by atoms with van der Waals surface area (Å²) in [6.45, 7) is 0. The van der Waals surface area contributed by atoms with Crippen molar-refractivity contribution in [1.82, 2.24) is 24.1 Å². The molecule has 0 spiro atoms. The van der Waals surface area contributed by atoms with Crippen LogP contribution >= 0.6 is 0 Å². The first-order chi connectivity index (χ1) is 30.8. The molecule has 0 radical (unpaired) electrons. The summed E-state index contributed by atoms with van der Waals surface area (Å²) >= 11 is 0. The number of hydrogen-bond donors (Lipinski definition) is 0. The smallest absolute Gasteiger partial charge is 0.166 e. The van der Waals surface area contributed by atoms with E-state index < -0.39 is 0 Å². The summed E-state index contributed by atoms with van der Waals surface area (Å²) in [5.41, 5.74) is 13.7. The molecule has 290 valence electrons. The summed E-state index contributed by atoms with van der Waals surface area (Å²) in [4.78, 5) is 15.9. The zero-order chi connectivity index (χ0) is 41.0. The molecule has 5 heteroatoms. The van der Waals surface area contributed by atoms with Gasteiger partial charge in [-0.2, -0.15) is 0 Å². The van der Waals surface area contributed by atoms with Gasteiger partial charge in [0, 0.05) is 38.2 Å². The van der Waals surface area contributed by atoms with Gasteiger partial charge in [-0.1, -0.05) is 188 Å². The lowest BCUT2D eigenvalue weighted by atomic mass is 9.95. The highest BCUT2D eigenvalue weighted by Gasteiger charge is 2.25. The van der Waals surface area contributed by atoms with Crippen LogP contribution in [0.15, 0.2) is 224 Å². The molecular weight excluding hydrogens is 755 g/mol. The Labute approximate surface area is 358 Å². The molecule has 0 aliphatic heterocycles. The zero-order valence-electron chi connectivity index (χ0n) is 33.6. The van der Waals surface area contributed by atoms with Crippen molar-refractivity contribution in [1.29, 1.82) is 0 Å². The Kier molecular flexibility index (Phi) is 8.42. The van der Waals surface area contributed by atoms with E-state index in [9.17, 15) is 0 Å². The van der Waals surface area contributed by atoms with Crippen LogP contribution in [0.5, 0.6) is 0 Å². The molecule has 0 saturated heterocycles. The van der Waals surface area contributed by atoms with Crippen molar-refractivity contribution >= 4 is 43.6 Å². The first-order valence-corrected chi connectivity index (χ1v) is 21.0. The number of benzene rings is 9. The van der Waals surface area contributed by atoms with Gasteiger partial charge < -0.3 is 9.13 Å². The van der Waals surface area contributed by atoms with E-state index in [0.717, 1.165) is 61.3 Å². The fraction of sp³-hybridized carbons (Fsp3) is 0. The largest absolute Gasteiger partial charge is 0.309 e. The van der Waals surface area contributed by atoms with Gasteiger partial charge in [-0.05, 0) is 53.1 Å². The van der Waals surface area contributed by atoms with Crippen molar-refractivity contribution in [2.24, 2.45) is 0 Å². The monoisotopic (exact) mass is 791 g/mol. The van der Waals surface area contributed by atoms with Gasteiger partial charge in [0.15, 0.2) is 17.5 Å². The molecule has 12 rings (SSSR count). The molecule has 62 heavy (non-hydrogen) atoms. The molecule has 0 amide bonds. The molecular formula is C57H37N5. The predicted molar refractivity (Wildman–Crippen MR) is 256 cm³/mol. The Morgan fingerprint density at radius 1 is 0.258 bits per heavy atom. The van der Waals surface area contributed by atoms with E-state index >= 15 is 0 Å². The Bertz CT molecular complexity index is 3510. The molecule has 5 nitrogen and oxygen atoms in total. The molecule has 0 fully saturated rings. The number of hydrogen-bond acceptors (Lipinski definition) is 3. The Morgan fingerprint density at radius 2 is 0.661 bits per heavy atom. The van der Waals surface area contributed by atoms with Crippen LogP contribution in [0.4, 0.5) is 0 Å². The minimum Gasteiger partial charge on any atom is -0.309 e. The van der Waals surface area contributed by atoms with Crippen molar-refractivity contribution in [3.8, 4) is 67.8 Å². The van der Waals surface area contributed by atoms with Crippen LogP contribution in [0, 0.1) is 0 Å². The van der Waals surface area contributed by atoms with Gasteiger partial charge in [-0.3, -0.25) is 0 Å². The predicted octanol–water partition coefficient (Wildman–Crippen LogP) is 14.4. The summed E-state index contributed by atoms with van der Waals surface area (Å²) in [5.74, 6) is 1.82. The molecule has 0 aliphatic rings. The zero-order valence-corrected chi connectivity index (χ0v) is 33.6.